The molecule has 0 spiro atoms. The van der Waals surface area contributed by atoms with Crippen molar-refractivity contribution in [3.05, 3.63) is 58.6 Å². The van der Waals surface area contributed by atoms with E-state index in [0.717, 1.165) is 20.7 Å². The van der Waals surface area contributed by atoms with Crippen LogP contribution in [-0.2, 0) is 0 Å². The van der Waals surface area contributed by atoms with Crippen LogP contribution in [0.25, 0.3) is 11.5 Å². The minimum absolute atomic E-state index is 0.0727. The highest BCUT2D eigenvalue weighted by Gasteiger charge is 2.13. The third-order valence-corrected chi connectivity index (χ3v) is 4.49. The van der Waals surface area contributed by atoms with Crippen molar-refractivity contribution in [3.63, 3.8) is 0 Å². The second-order valence-electron chi connectivity index (χ2n) is 4.84. The summed E-state index contributed by atoms with van der Waals surface area (Å²) in [7, 11) is 0. The highest BCUT2D eigenvalue weighted by Crippen LogP contribution is 2.23. The van der Waals surface area contributed by atoms with E-state index in [1.54, 1.807) is 17.8 Å². The lowest BCUT2D eigenvalue weighted by molar-refractivity contribution is 0.102. The van der Waals surface area contributed by atoms with Crippen LogP contribution in [0, 0.1) is 0 Å². The number of anilines is 1. The number of nitrogens with zero attached hydrogens (tertiary/aromatic N) is 2. The smallest absolute Gasteiger partial charge is 0.322 e. The second-order valence-corrected chi connectivity index (χ2v) is 7.09. The first-order valence-corrected chi connectivity index (χ1v) is 9.07. The summed E-state index contributed by atoms with van der Waals surface area (Å²) >= 11 is 5.07. The summed E-state index contributed by atoms with van der Waals surface area (Å²) in [5.41, 5.74) is 1.33. The zero-order valence-corrected chi connectivity index (χ0v) is 15.2. The van der Waals surface area contributed by atoms with Crippen LogP contribution in [0.2, 0.25) is 0 Å². The number of hydrogen-bond acceptors (Lipinski definition) is 5. The predicted octanol–water partition coefficient (Wildman–Crippen LogP) is 4.86. The molecule has 2 aromatic carbocycles. The topological polar surface area (TPSA) is 68.0 Å². The van der Waals surface area contributed by atoms with Gasteiger partial charge in [0.25, 0.3) is 5.91 Å². The van der Waals surface area contributed by atoms with Crippen molar-refractivity contribution in [2.45, 2.75) is 11.8 Å². The van der Waals surface area contributed by atoms with Gasteiger partial charge in [0.2, 0.25) is 5.89 Å². The number of nitrogens with one attached hydrogen (secondary N) is 1. The third-order valence-electron chi connectivity index (χ3n) is 3.12. The number of carbonyl (C=O) groups excluding carboxylic acids is 1. The molecule has 0 saturated carbocycles. The Morgan fingerprint density at radius 2 is 2.04 bits per heavy atom. The Morgan fingerprint density at radius 1 is 1.21 bits per heavy atom. The van der Waals surface area contributed by atoms with Gasteiger partial charge in [-0.3, -0.25) is 10.1 Å². The van der Waals surface area contributed by atoms with Gasteiger partial charge in [-0.25, -0.2) is 0 Å². The third kappa shape index (κ3) is 4.04. The highest BCUT2D eigenvalue weighted by molar-refractivity contribution is 9.10. The Labute approximate surface area is 152 Å². The van der Waals surface area contributed by atoms with Crippen LogP contribution >= 0.6 is 27.7 Å². The Hall–Kier alpha value is -2.12. The van der Waals surface area contributed by atoms with Gasteiger partial charge in [0.05, 0.1) is 0 Å². The van der Waals surface area contributed by atoms with E-state index in [2.05, 4.69) is 38.4 Å². The summed E-state index contributed by atoms with van der Waals surface area (Å²) in [5, 5.41) is 10.5. The molecular formula is C17H14BrN3O2S. The molecule has 0 radical (unpaired) electrons. The number of benzene rings is 2. The maximum Gasteiger partial charge on any atom is 0.322 e. The van der Waals surface area contributed by atoms with Gasteiger partial charge >= 0.3 is 6.01 Å². The minimum atomic E-state index is -0.280. The summed E-state index contributed by atoms with van der Waals surface area (Å²) in [6.07, 6.45) is 0. The fourth-order valence-corrected chi connectivity index (χ4v) is 3.19. The molecule has 0 aliphatic carbocycles. The SMILES string of the molecule is CCSc1cccc(C(=O)Nc2nnc(-c3cccc(Br)c3)o2)c1. The molecule has 1 heterocycles. The maximum atomic E-state index is 12.3. The minimum Gasteiger partial charge on any atom is -0.403 e. The fraction of sp³-hybridized carbons (Fsp3) is 0.118. The Kier molecular flexibility index (Phi) is 5.32. The molecule has 1 aromatic heterocycles. The summed E-state index contributed by atoms with van der Waals surface area (Å²) in [5.74, 6) is 1.02. The Bertz CT molecular complexity index is 866. The van der Waals surface area contributed by atoms with Gasteiger partial charge in [-0.05, 0) is 42.2 Å². The van der Waals surface area contributed by atoms with Gasteiger partial charge < -0.3 is 4.42 Å². The highest BCUT2D eigenvalue weighted by atomic mass is 79.9. The van der Waals surface area contributed by atoms with Gasteiger partial charge in [0.1, 0.15) is 0 Å². The molecule has 7 heteroatoms. The van der Waals surface area contributed by atoms with Crippen LogP contribution in [-0.4, -0.2) is 21.9 Å². The molecule has 1 N–H and O–H groups in total. The first-order valence-electron chi connectivity index (χ1n) is 7.29. The number of halogens is 1. The quantitative estimate of drug-likeness (QED) is 0.615. The molecule has 24 heavy (non-hydrogen) atoms. The first-order chi connectivity index (χ1) is 11.7. The number of amides is 1. The van der Waals surface area contributed by atoms with Crippen molar-refractivity contribution in [1.82, 2.24) is 10.2 Å². The summed E-state index contributed by atoms with van der Waals surface area (Å²) in [6.45, 7) is 2.07. The van der Waals surface area contributed by atoms with E-state index >= 15 is 0 Å². The molecule has 0 fully saturated rings. The molecule has 0 aliphatic rings. The van der Waals surface area contributed by atoms with Crippen molar-refractivity contribution in [2.75, 3.05) is 11.1 Å². The number of carbonyl (C=O) groups is 1. The van der Waals surface area contributed by atoms with Crippen LogP contribution in [0.1, 0.15) is 17.3 Å². The van der Waals surface area contributed by atoms with Crippen LogP contribution in [0.15, 0.2) is 62.3 Å². The van der Waals surface area contributed by atoms with Crippen molar-refractivity contribution < 1.29 is 9.21 Å². The lowest BCUT2D eigenvalue weighted by Crippen LogP contribution is -2.12. The van der Waals surface area contributed by atoms with Crippen LogP contribution in [0.4, 0.5) is 6.01 Å². The number of hydrogen-bond donors (Lipinski definition) is 1. The van der Waals surface area contributed by atoms with Gasteiger partial charge in [0.15, 0.2) is 0 Å². The summed E-state index contributed by atoms with van der Waals surface area (Å²) < 4.78 is 6.43. The van der Waals surface area contributed by atoms with E-state index in [4.69, 9.17) is 4.42 Å². The van der Waals surface area contributed by atoms with Crippen LogP contribution in [0.5, 0.6) is 0 Å². The maximum absolute atomic E-state index is 12.3. The largest absolute Gasteiger partial charge is 0.403 e. The fourth-order valence-electron chi connectivity index (χ4n) is 2.07. The van der Waals surface area contributed by atoms with E-state index < -0.39 is 0 Å². The Morgan fingerprint density at radius 3 is 2.83 bits per heavy atom. The van der Waals surface area contributed by atoms with Crippen LogP contribution < -0.4 is 5.32 Å². The standard InChI is InChI=1S/C17H14BrN3O2S/c1-2-24-14-8-4-5-11(10-14)15(22)19-17-21-20-16(23-17)12-6-3-7-13(18)9-12/h3-10H,2H2,1H3,(H,19,21,22). The van der Waals surface area contributed by atoms with Crippen molar-refractivity contribution in [1.29, 1.82) is 0 Å². The van der Waals surface area contributed by atoms with Gasteiger partial charge in [-0.15, -0.1) is 16.9 Å². The lowest BCUT2D eigenvalue weighted by atomic mass is 10.2. The Balaban J connectivity index is 1.75. The monoisotopic (exact) mass is 403 g/mol. The zero-order valence-electron chi connectivity index (χ0n) is 12.8. The molecule has 122 valence electrons. The molecule has 0 saturated heterocycles. The molecule has 3 aromatic rings. The molecule has 0 bridgehead atoms. The summed E-state index contributed by atoms with van der Waals surface area (Å²) in [6, 6.07) is 15.0. The number of aromatic nitrogens is 2. The molecule has 0 aliphatic heterocycles. The average Bonchev–Trinajstić information content (AvgIpc) is 3.04. The number of rotatable bonds is 5. The lowest BCUT2D eigenvalue weighted by Gasteiger charge is -2.03. The molecule has 0 atom stereocenters. The van der Waals surface area contributed by atoms with Gasteiger partial charge in [0, 0.05) is 20.5 Å². The molecule has 1 amide bonds. The van der Waals surface area contributed by atoms with Crippen LogP contribution in [0.3, 0.4) is 0 Å². The van der Waals surface area contributed by atoms with Crippen molar-refractivity contribution >= 4 is 39.6 Å². The van der Waals surface area contributed by atoms with E-state index in [1.165, 1.54) is 0 Å². The van der Waals surface area contributed by atoms with E-state index in [0.29, 0.717) is 11.5 Å². The molecule has 3 rings (SSSR count). The first kappa shape index (κ1) is 16.7. The van der Waals surface area contributed by atoms with E-state index in [1.807, 2.05) is 42.5 Å². The van der Waals surface area contributed by atoms with Crippen molar-refractivity contribution in [2.24, 2.45) is 0 Å². The molecule has 0 unspecified atom stereocenters. The normalized spacial score (nSPS) is 10.6. The summed E-state index contributed by atoms with van der Waals surface area (Å²) in [4.78, 5) is 13.4. The van der Waals surface area contributed by atoms with E-state index in [-0.39, 0.29) is 11.9 Å². The number of thioether (sulfide) groups is 1. The molecule has 5 nitrogen and oxygen atoms in total. The average molecular weight is 404 g/mol. The predicted molar refractivity (Wildman–Crippen MR) is 98.2 cm³/mol. The van der Waals surface area contributed by atoms with Crippen molar-refractivity contribution in [3.8, 4) is 11.5 Å². The van der Waals surface area contributed by atoms with E-state index in [9.17, 15) is 4.79 Å². The van der Waals surface area contributed by atoms with Gasteiger partial charge in [-0.2, -0.15) is 0 Å². The van der Waals surface area contributed by atoms with Gasteiger partial charge in [-0.1, -0.05) is 40.1 Å². The zero-order chi connectivity index (χ0) is 16.9. The molecular weight excluding hydrogens is 390 g/mol. The second kappa shape index (κ2) is 7.63.